The summed E-state index contributed by atoms with van der Waals surface area (Å²) in [4.78, 5) is 17.6. The van der Waals surface area contributed by atoms with E-state index < -0.39 is 0 Å². The normalized spacial score (nSPS) is 21.4. The standard InChI is InChI=1S/C30H35N5O2S2/c1-18(23-15-19-7-8-21(23)14-19)35-27(25-6-5-13-37-25)33-34-29(35)39-17-26(36)32-28-31-24(16-38-28)20-9-11-22(12-10-20)30(2,3)4/h5-6,9-13,16,18-19,21,23H,7-8,14-15,17H2,1-4H3,(H,31,32,36)/t18-,19-,21-,23+/m1/s1. The van der Waals surface area contributed by atoms with Crippen molar-refractivity contribution >= 4 is 34.1 Å². The van der Waals surface area contributed by atoms with Gasteiger partial charge in [-0.05, 0) is 67.1 Å². The molecule has 39 heavy (non-hydrogen) atoms. The van der Waals surface area contributed by atoms with Crippen LogP contribution in [0.15, 0.2) is 57.6 Å². The minimum atomic E-state index is -0.106. The summed E-state index contributed by atoms with van der Waals surface area (Å²) in [5, 5.41) is 15.3. The number of aromatic nitrogens is 4. The zero-order valence-electron chi connectivity index (χ0n) is 22.9. The molecule has 204 valence electrons. The Hall–Kier alpha value is -2.91. The maximum Gasteiger partial charge on any atom is 0.236 e. The Labute approximate surface area is 237 Å². The second-order valence-corrected chi connectivity index (χ2v) is 13.7. The number of benzene rings is 1. The van der Waals surface area contributed by atoms with E-state index in [9.17, 15) is 4.79 Å². The highest BCUT2D eigenvalue weighted by atomic mass is 32.2. The lowest BCUT2D eigenvalue weighted by Crippen LogP contribution is -2.23. The van der Waals surface area contributed by atoms with Gasteiger partial charge in [0.2, 0.25) is 11.7 Å². The van der Waals surface area contributed by atoms with Gasteiger partial charge in [0, 0.05) is 17.0 Å². The Morgan fingerprint density at radius 2 is 2.00 bits per heavy atom. The quantitative estimate of drug-likeness (QED) is 0.222. The Bertz CT molecular complexity index is 1430. The molecular formula is C30H35N5O2S2. The molecule has 4 aromatic rings. The van der Waals surface area contributed by atoms with E-state index in [1.54, 1.807) is 6.26 Å². The average Bonchev–Trinajstić information content (AvgIpc) is 3.75. The number of thiazole rings is 1. The fraction of sp³-hybridized carbons (Fsp3) is 0.467. The molecule has 2 bridgehead atoms. The number of amides is 1. The number of rotatable bonds is 8. The van der Waals surface area contributed by atoms with Gasteiger partial charge in [-0.15, -0.1) is 21.5 Å². The van der Waals surface area contributed by atoms with E-state index in [4.69, 9.17) is 4.42 Å². The van der Waals surface area contributed by atoms with Crippen LogP contribution in [0.2, 0.25) is 0 Å². The number of nitrogens with zero attached hydrogens (tertiary/aromatic N) is 4. The Morgan fingerprint density at radius 3 is 2.67 bits per heavy atom. The summed E-state index contributed by atoms with van der Waals surface area (Å²) in [6, 6.07) is 12.5. The van der Waals surface area contributed by atoms with Crippen LogP contribution < -0.4 is 5.32 Å². The van der Waals surface area contributed by atoms with Crippen molar-refractivity contribution in [3.05, 3.63) is 53.6 Å². The van der Waals surface area contributed by atoms with Gasteiger partial charge in [0.05, 0.1) is 17.7 Å². The molecule has 1 aromatic carbocycles. The number of furan rings is 1. The van der Waals surface area contributed by atoms with Crippen LogP contribution in [-0.4, -0.2) is 31.4 Å². The first-order chi connectivity index (χ1) is 18.8. The Morgan fingerprint density at radius 1 is 1.18 bits per heavy atom. The third-order valence-corrected chi connectivity index (χ3v) is 10.1. The minimum Gasteiger partial charge on any atom is -0.461 e. The van der Waals surface area contributed by atoms with E-state index in [-0.39, 0.29) is 23.1 Å². The van der Waals surface area contributed by atoms with Crippen molar-refractivity contribution in [3.63, 3.8) is 0 Å². The van der Waals surface area contributed by atoms with Gasteiger partial charge in [-0.2, -0.15) is 0 Å². The molecule has 3 heterocycles. The number of carbonyl (C=O) groups excluding carboxylic acids is 1. The molecule has 2 saturated carbocycles. The summed E-state index contributed by atoms with van der Waals surface area (Å²) in [5.74, 6) is 3.79. The molecule has 0 saturated heterocycles. The summed E-state index contributed by atoms with van der Waals surface area (Å²) in [5.41, 5.74) is 3.30. The predicted octanol–water partition coefficient (Wildman–Crippen LogP) is 7.69. The maximum atomic E-state index is 12.9. The summed E-state index contributed by atoms with van der Waals surface area (Å²) >= 11 is 2.86. The van der Waals surface area contributed by atoms with E-state index >= 15 is 0 Å². The highest BCUT2D eigenvalue weighted by Crippen LogP contribution is 2.53. The molecule has 1 amide bonds. The molecule has 1 N–H and O–H groups in total. The van der Waals surface area contributed by atoms with Gasteiger partial charge >= 0.3 is 0 Å². The highest BCUT2D eigenvalue weighted by Gasteiger charge is 2.43. The fourth-order valence-electron chi connectivity index (χ4n) is 6.28. The Kier molecular flexibility index (Phi) is 7.14. The van der Waals surface area contributed by atoms with Crippen LogP contribution in [0.4, 0.5) is 5.13 Å². The summed E-state index contributed by atoms with van der Waals surface area (Å²) in [6.45, 7) is 8.89. The van der Waals surface area contributed by atoms with Crippen molar-refractivity contribution < 1.29 is 9.21 Å². The molecule has 0 aliphatic heterocycles. The largest absolute Gasteiger partial charge is 0.461 e. The van der Waals surface area contributed by atoms with Crippen molar-refractivity contribution in [2.24, 2.45) is 17.8 Å². The molecular weight excluding hydrogens is 526 g/mol. The maximum absolute atomic E-state index is 12.9. The van der Waals surface area contributed by atoms with Gasteiger partial charge in [0.25, 0.3) is 0 Å². The first-order valence-corrected chi connectivity index (χ1v) is 15.6. The number of hydrogen-bond acceptors (Lipinski definition) is 7. The predicted molar refractivity (Wildman–Crippen MR) is 157 cm³/mol. The molecule has 3 aromatic heterocycles. The van der Waals surface area contributed by atoms with E-state index in [2.05, 4.69) is 77.0 Å². The number of nitrogens with one attached hydrogen (secondary N) is 1. The van der Waals surface area contributed by atoms with E-state index in [1.807, 2.05) is 17.5 Å². The molecule has 4 atom stereocenters. The number of carbonyl (C=O) groups is 1. The minimum absolute atomic E-state index is 0.106. The van der Waals surface area contributed by atoms with Crippen LogP contribution in [0.1, 0.15) is 65.0 Å². The number of hydrogen-bond donors (Lipinski definition) is 1. The van der Waals surface area contributed by atoms with Gasteiger partial charge < -0.3 is 9.73 Å². The zero-order valence-corrected chi connectivity index (χ0v) is 24.5. The van der Waals surface area contributed by atoms with Gasteiger partial charge in [-0.25, -0.2) is 4.98 Å². The van der Waals surface area contributed by atoms with Gasteiger partial charge in [0.1, 0.15) is 0 Å². The monoisotopic (exact) mass is 561 g/mol. The van der Waals surface area contributed by atoms with E-state index in [0.29, 0.717) is 16.8 Å². The molecule has 2 aliphatic rings. The smallest absolute Gasteiger partial charge is 0.236 e. The molecule has 6 rings (SSSR count). The first kappa shape index (κ1) is 26.3. The molecule has 0 spiro atoms. The van der Waals surface area contributed by atoms with Crippen LogP contribution in [-0.2, 0) is 10.2 Å². The fourth-order valence-corrected chi connectivity index (χ4v) is 7.84. The SMILES string of the molecule is C[C@H]([C@@H]1C[C@@H]2CC[C@@H]1C2)n1c(SCC(=O)Nc2nc(-c3ccc(C(C)(C)C)cc3)cs2)nnc1-c1ccco1. The lowest BCUT2D eigenvalue weighted by molar-refractivity contribution is -0.113. The second-order valence-electron chi connectivity index (χ2n) is 11.9. The Balaban J connectivity index is 1.13. The van der Waals surface area contributed by atoms with Crippen molar-refractivity contribution in [2.75, 3.05) is 11.1 Å². The van der Waals surface area contributed by atoms with Gasteiger partial charge in [0.15, 0.2) is 16.0 Å². The molecule has 0 radical (unpaired) electrons. The number of thioether (sulfide) groups is 1. The second kappa shape index (κ2) is 10.6. The van der Waals surface area contributed by atoms with Crippen LogP contribution in [0.5, 0.6) is 0 Å². The van der Waals surface area contributed by atoms with Crippen molar-refractivity contribution in [2.45, 2.75) is 70.0 Å². The van der Waals surface area contributed by atoms with Crippen molar-refractivity contribution in [1.82, 2.24) is 19.7 Å². The van der Waals surface area contributed by atoms with Crippen LogP contribution in [0.25, 0.3) is 22.8 Å². The van der Waals surface area contributed by atoms with Crippen LogP contribution in [0, 0.1) is 17.8 Å². The third kappa shape index (κ3) is 5.43. The third-order valence-electron chi connectivity index (χ3n) is 8.36. The molecule has 7 nitrogen and oxygen atoms in total. The summed E-state index contributed by atoms with van der Waals surface area (Å²) < 4.78 is 7.90. The highest BCUT2D eigenvalue weighted by molar-refractivity contribution is 7.99. The molecule has 0 unspecified atom stereocenters. The topological polar surface area (TPSA) is 85.8 Å². The van der Waals surface area contributed by atoms with E-state index in [0.717, 1.165) is 34.1 Å². The average molecular weight is 562 g/mol. The lowest BCUT2D eigenvalue weighted by Gasteiger charge is -2.30. The van der Waals surface area contributed by atoms with Gasteiger partial charge in [-0.3, -0.25) is 9.36 Å². The van der Waals surface area contributed by atoms with E-state index in [1.165, 1.54) is 54.3 Å². The number of fused-ring (bicyclic) bond motifs is 2. The zero-order chi connectivity index (χ0) is 27.1. The van der Waals surface area contributed by atoms with Gasteiger partial charge in [-0.1, -0.05) is 63.2 Å². The van der Waals surface area contributed by atoms with Crippen molar-refractivity contribution in [3.8, 4) is 22.8 Å². The summed E-state index contributed by atoms with van der Waals surface area (Å²) in [6.07, 6.45) is 6.95. The lowest BCUT2D eigenvalue weighted by atomic mass is 9.84. The summed E-state index contributed by atoms with van der Waals surface area (Å²) in [7, 11) is 0. The number of anilines is 1. The first-order valence-electron chi connectivity index (χ1n) is 13.7. The molecule has 2 fully saturated rings. The van der Waals surface area contributed by atoms with Crippen molar-refractivity contribution in [1.29, 1.82) is 0 Å². The molecule has 2 aliphatic carbocycles. The van der Waals surface area contributed by atoms with Crippen LogP contribution >= 0.6 is 23.1 Å². The molecule has 9 heteroatoms. The van der Waals surface area contributed by atoms with Crippen LogP contribution in [0.3, 0.4) is 0 Å².